The molecule has 1 aromatic carbocycles. The highest BCUT2D eigenvalue weighted by atomic mass is 16.5. The van der Waals surface area contributed by atoms with Gasteiger partial charge in [0.15, 0.2) is 0 Å². The number of ether oxygens (including phenoxy) is 2. The molecular formula is C15H21N3O2. The van der Waals surface area contributed by atoms with E-state index < -0.39 is 0 Å². The second-order valence-corrected chi connectivity index (χ2v) is 4.49. The number of hydrogen-bond donors (Lipinski definition) is 1. The molecule has 1 heterocycles. The summed E-state index contributed by atoms with van der Waals surface area (Å²) in [5.41, 5.74) is 5.70. The summed E-state index contributed by atoms with van der Waals surface area (Å²) in [4.78, 5) is 6.66. The molecular weight excluding hydrogens is 254 g/mol. The summed E-state index contributed by atoms with van der Waals surface area (Å²) < 4.78 is 10.5. The van der Waals surface area contributed by atoms with Gasteiger partial charge in [0.1, 0.15) is 11.6 Å². The lowest BCUT2D eigenvalue weighted by Gasteiger charge is -2.24. The smallest absolute Gasteiger partial charge is 0.136 e. The van der Waals surface area contributed by atoms with Gasteiger partial charge >= 0.3 is 0 Å². The molecule has 0 amide bonds. The minimum absolute atomic E-state index is 0.575. The second kappa shape index (κ2) is 7.07. The van der Waals surface area contributed by atoms with Crippen LogP contribution in [0.2, 0.25) is 0 Å². The van der Waals surface area contributed by atoms with Crippen molar-refractivity contribution in [2.75, 3.05) is 45.4 Å². The standard InChI is InChI=1S/C15H21N3O2/c1-19-10-9-18(8-6-16)15-14-11-13(20-2)4-3-12(14)5-7-17-15/h3-5,7,11H,6,8-10,16H2,1-2H3. The van der Waals surface area contributed by atoms with Crippen molar-refractivity contribution in [1.82, 2.24) is 4.98 Å². The summed E-state index contributed by atoms with van der Waals surface area (Å²) in [6.45, 7) is 2.72. The maximum atomic E-state index is 5.70. The minimum Gasteiger partial charge on any atom is -0.497 e. The van der Waals surface area contributed by atoms with Crippen LogP contribution < -0.4 is 15.4 Å². The number of aromatic nitrogens is 1. The number of benzene rings is 1. The van der Waals surface area contributed by atoms with E-state index in [0.29, 0.717) is 13.2 Å². The van der Waals surface area contributed by atoms with Crippen LogP contribution in [-0.2, 0) is 4.74 Å². The number of hydrogen-bond acceptors (Lipinski definition) is 5. The SMILES string of the molecule is COCCN(CCN)c1nccc2ccc(OC)cc12. The van der Waals surface area contributed by atoms with Gasteiger partial charge in [-0.3, -0.25) is 0 Å². The van der Waals surface area contributed by atoms with E-state index in [1.165, 1.54) is 0 Å². The van der Waals surface area contributed by atoms with Crippen molar-refractivity contribution in [3.8, 4) is 5.75 Å². The van der Waals surface area contributed by atoms with Gasteiger partial charge in [-0.15, -0.1) is 0 Å². The van der Waals surface area contributed by atoms with Gasteiger partial charge in [-0.05, 0) is 23.6 Å². The van der Waals surface area contributed by atoms with Crippen LogP contribution in [0.15, 0.2) is 30.5 Å². The number of fused-ring (bicyclic) bond motifs is 1. The van der Waals surface area contributed by atoms with Crippen molar-refractivity contribution < 1.29 is 9.47 Å². The van der Waals surface area contributed by atoms with E-state index in [0.717, 1.165) is 35.4 Å². The average Bonchev–Trinajstić information content (AvgIpc) is 2.50. The van der Waals surface area contributed by atoms with Crippen molar-refractivity contribution in [3.63, 3.8) is 0 Å². The summed E-state index contributed by atoms with van der Waals surface area (Å²) in [5.74, 6) is 1.75. The van der Waals surface area contributed by atoms with E-state index in [2.05, 4.69) is 9.88 Å². The Morgan fingerprint density at radius 3 is 2.75 bits per heavy atom. The van der Waals surface area contributed by atoms with E-state index >= 15 is 0 Å². The van der Waals surface area contributed by atoms with Crippen molar-refractivity contribution in [3.05, 3.63) is 30.5 Å². The van der Waals surface area contributed by atoms with Crippen LogP contribution in [0.3, 0.4) is 0 Å². The molecule has 0 unspecified atom stereocenters. The first kappa shape index (κ1) is 14.6. The molecule has 2 N–H and O–H groups in total. The minimum atomic E-state index is 0.575. The predicted octanol–water partition coefficient (Wildman–Crippen LogP) is 1.65. The van der Waals surface area contributed by atoms with Gasteiger partial charge < -0.3 is 20.1 Å². The lowest BCUT2D eigenvalue weighted by Crippen LogP contribution is -2.33. The number of rotatable bonds is 7. The fourth-order valence-electron chi connectivity index (χ4n) is 2.19. The summed E-state index contributed by atoms with van der Waals surface area (Å²) in [7, 11) is 3.36. The molecule has 0 aliphatic heterocycles. The highest BCUT2D eigenvalue weighted by Crippen LogP contribution is 2.27. The molecule has 0 bridgehead atoms. The van der Waals surface area contributed by atoms with Gasteiger partial charge in [-0.1, -0.05) is 6.07 Å². The van der Waals surface area contributed by atoms with Crippen LogP contribution in [0.25, 0.3) is 10.8 Å². The van der Waals surface area contributed by atoms with Crippen LogP contribution in [0.1, 0.15) is 0 Å². The quantitative estimate of drug-likeness (QED) is 0.832. The van der Waals surface area contributed by atoms with Crippen molar-refractivity contribution in [2.24, 2.45) is 5.73 Å². The molecule has 20 heavy (non-hydrogen) atoms. The summed E-state index contributed by atoms with van der Waals surface area (Å²) >= 11 is 0. The largest absolute Gasteiger partial charge is 0.497 e. The third-order valence-electron chi connectivity index (χ3n) is 3.22. The van der Waals surface area contributed by atoms with Crippen molar-refractivity contribution in [1.29, 1.82) is 0 Å². The van der Waals surface area contributed by atoms with Gasteiger partial charge in [0.2, 0.25) is 0 Å². The summed E-state index contributed by atoms with van der Waals surface area (Å²) in [6.07, 6.45) is 1.82. The van der Waals surface area contributed by atoms with E-state index in [1.54, 1.807) is 14.2 Å². The average molecular weight is 275 g/mol. The summed E-state index contributed by atoms with van der Waals surface area (Å²) in [5, 5.41) is 2.20. The molecule has 0 saturated heterocycles. The zero-order chi connectivity index (χ0) is 14.4. The fraction of sp³-hybridized carbons (Fsp3) is 0.400. The Morgan fingerprint density at radius 2 is 2.05 bits per heavy atom. The van der Waals surface area contributed by atoms with E-state index in [4.69, 9.17) is 15.2 Å². The van der Waals surface area contributed by atoms with Crippen molar-refractivity contribution >= 4 is 16.6 Å². The third-order valence-corrected chi connectivity index (χ3v) is 3.22. The van der Waals surface area contributed by atoms with Gasteiger partial charge in [0, 0.05) is 38.3 Å². The van der Waals surface area contributed by atoms with Crippen LogP contribution in [-0.4, -0.2) is 45.4 Å². The molecule has 0 aliphatic rings. The molecule has 0 atom stereocenters. The van der Waals surface area contributed by atoms with Crippen LogP contribution in [0.5, 0.6) is 5.75 Å². The molecule has 0 radical (unpaired) electrons. The Labute approximate surface area is 119 Å². The highest BCUT2D eigenvalue weighted by molar-refractivity contribution is 5.93. The zero-order valence-corrected chi connectivity index (χ0v) is 12.0. The molecule has 0 aliphatic carbocycles. The monoisotopic (exact) mass is 275 g/mol. The normalized spacial score (nSPS) is 10.8. The Morgan fingerprint density at radius 1 is 1.20 bits per heavy atom. The number of anilines is 1. The maximum absolute atomic E-state index is 5.70. The Hall–Kier alpha value is -1.85. The number of nitrogens with two attached hydrogens (primary N) is 1. The van der Waals surface area contributed by atoms with Gasteiger partial charge in [-0.2, -0.15) is 0 Å². The van der Waals surface area contributed by atoms with E-state index in [-0.39, 0.29) is 0 Å². The van der Waals surface area contributed by atoms with Gasteiger partial charge in [0.25, 0.3) is 0 Å². The Bertz CT molecular complexity index is 560. The first-order valence-electron chi connectivity index (χ1n) is 6.67. The van der Waals surface area contributed by atoms with E-state index in [9.17, 15) is 0 Å². The van der Waals surface area contributed by atoms with Crippen LogP contribution in [0.4, 0.5) is 5.82 Å². The maximum Gasteiger partial charge on any atom is 0.136 e. The first-order chi connectivity index (χ1) is 9.80. The molecule has 5 heteroatoms. The van der Waals surface area contributed by atoms with E-state index in [1.807, 2.05) is 30.5 Å². The van der Waals surface area contributed by atoms with Crippen LogP contribution >= 0.6 is 0 Å². The Kier molecular flexibility index (Phi) is 5.15. The molecule has 5 nitrogen and oxygen atoms in total. The number of pyridine rings is 1. The second-order valence-electron chi connectivity index (χ2n) is 4.49. The fourth-order valence-corrected chi connectivity index (χ4v) is 2.19. The molecule has 2 aromatic rings. The molecule has 0 saturated carbocycles. The third kappa shape index (κ3) is 3.18. The lowest BCUT2D eigenvalue weighted by molar-refractivity contribution is 0.205. The zero-order valence-electron chi connectivity index (χ0n) is 12.0. The Balaban J connectivity index is 2.43. The van der Waals surface area contributed by atoms with Gasteiger partial charge in [-0.25, -0.2) is 4.98 Å². The number of nitrogens with zero attached hydrogens (tertiary/aromatic N) is 2. The van der Waals surface area contributed by atoms with Crippen LogP contribution in [0, 0.1) is 0 Å². The topological polar surface area (TPSA) is 60.6 Å². The highest BCUT2D eigenvalue weighted by Gasteiger charge is 2.11. The van der Waals surface area contributed by atoms with Crippen molar-refractivity contribution in [2.45, 2.75) is 0 Å². The molecule has 0 fully saturated rings. The molecule has 2 rings (SSSR count). The molecule has 1 aromatic heterocycles. The first-order valence-corrected chi connectivity index (χ1v) is 6.67. The molecule has 108 valence electrons. The number of methoxy groups -OCH3 is 2. The molecule has 0 spiro atoms. The summed E-state index contributed by atoms with van der Waals surface area (Å²) in [6, 6.07) is 7.99. The predicted molar refractivity (Wildman–Crippen MR) is 81.4 cm³/mol. The van der Waals surface area contributed by atoms with Gasteiger partial charge in [0.05, 0.1) is 13.7 Å². The lowest BCUT2D eigenvalue weighted by atomic mass is 10.1.